The Hall–Kier alpha value is -2.62. The number of carbonyl (C=O) groups excluding carboxylic acids is 1. The number of likely N-dealkylation sites (tertiary alicyclic amines) is 1. The number of aryl methyl sites for hydroxylation is 1. The van der Waals surface area contributed by atoms with Gasteiger partial charge < -0.3 is 19.9 Å². The second-order valence-corrected chi connectivity index (χ2v) is 8.96. The van der Waals surface area contributed by atoms with Crippen LogP contribution in [0.4, 0.5) is 0 Å². The molecule has 1 amide bonds. The Morgan fingerprint density at radius 3 is 2.76 bits per heavy atom. The zero-order chi connectivity index (χ0) is 23.5. The highest BCUT2D eigenvalue weighted by molar-refractivity contribution is 6.32. The summed E-state index contributed by atoms with van der Waals surface area (Å²) in [6.07, 6.45) is 0.139. The van der Waals surface area contributed by atoms with Crippen molar-refractivity contribution in [2.24, 2.45) is 5.92 Å². The van der Waals surface area contributed by atoms with Gasteiger partial charge in [0.1, 0.15) is 13.2 Å². The molecule has 2 aliphatic heterocycles. The number of hydrogen-bond acceptors (Lipinski definition) is 7. The molecule has 0 aliphatic carbocycles. The van der Waals surface area contributed by atoms with E-state index < -0.39 is 6.10 Å². The second-order valence-electron chi connectivity index (χ2n) is 8.55. The molecule has 10 heteroatoms. The minimum atomic E-state index is -0.587. The van der Waals surface area contributed by atoms with Gasteiger partial charge in [-0.05, 0) is 38.9 Å². The molecule has 0 saturated carbocycles. The van der Waals surface area contributed by atoms with Crippen LogP contribution in [-0.4, -0.2) is 71.2 Å². The molecular formula is C23H29ClN4O5. The van der Waals surface area contributed by atoms with Crippen LogP contribution in [0.2, 0.25) is 5.02 Å². The number of nitrogens with zero attached hydrogens (tertiary/aromatic N) is 3. The number of β-amino-alcohol motifs (C(OH)–C–C–N with tert-alkyl or cyclic N) is 1. The van der Waals surface area contributed by atoms with Gasteiger partial charge >= 0.3 is 0 Å². The zero-order valence-corrected chi connectivity index (χ0v) is 19.6. The van der Waals surface area contributed by atoms with E-state index in [9.17, 15) is 14.7 Å². The number of amides is 1. The van der Waals surface area contributed by atoms with E-state index in [1.165, 1.54) is 10.7 Å². The van der Waals surface area contributed by atoms with Gasteiger partial charge in [0, 0.05) is 42.2 Å². The van der Waals surface area contributed by atoms with Gasteiger partial charge in [-0.2, -0.15) is 5.10 Å². The lowest BCUT2D eigenvalue weighted by molar-refractivity contribution is 0.0204. The van der Waals surface area contributed by atoms with Crippen molar-refractivity contribution in [1.29, 1.82) is 0 Å². The van der Waals surface area contributed by atoms with E-state index in [0.717, 1.165) is 24.2 Å². The first kappa shape index (κ1) is 23.5. The highest BCUT2D eigenvalue weighted by Crippen LogP contribution is 2.40. The number of aromatic nitrogens is 2. The van der Waals surface area contributed by atoms with Crippen LogP contribution in [0.25, 0.3) is 0 Å². The maximum atomic E-state index is 12.9. The van der Waals surface area contributed by atoms with Crippen LogP contribution in [0.3, 0.4) is 0 Å². The standard InChI is InChI=1S/C23H29ClN4O5/c1-14-3-4-20(30)28(26-14)8-7-27-6-5-16(19(29)13-27)12-25-23(31)17-11-18(24)15(2)21-22(17)33-10-9-32-21/h3-4,11,16,19,29H,5-10,12-13H2,1-2H3,(H,25,31). The van der Waals surface area contributed by atoms with Crippen LogP contribution in [0.15, 0.2) is 23.0 Å². The molecule has 1 fully saturated rings. The predicted molar refractivity (Wildman–Crippen MR) is 123 cm³/mol. The average molecular weight is 477 g/mol. The topological polar surface area (TPSA) is 106 Å². The molecule has 2 N–H and O–H groups in total. The average Bonchev–Trinajstić information content (AvgIpc) is 2.81. The smallest absolute Gasteiger partial charge is 0.266 e. The molecule has 178 valence electrons. The summed E-state index contributed by atoms with van der Waals surface area (Å²) in [6.45, 7) is 7.13. The van der Waals surface area contributed by atoms with Gasteiger partial charge in [-0.15, -0.1) is 0 Å². The summed E-state index contributed by atoms with van der Waals surface area (Å²) in [5.74, 6) is 0.544. The van der Waals surface area contributed by atoms with E-state index in [2.05, 4.69) is 15.3 Å². The fraction of sp³-hybridized carbons (Fsp3) is 0.522. The third kappa shape index (κ3) is 5.31. The largest absolute Gasteiger partial charge is 0.486 e. The summed E-state index contributed by atoms with van der Waals surface area (Å²) in [5.41, 5.74) is 1.74. The van der Waals surface area contributed by atoms with Crippen molar-refractivity contribution in [3.05, 3.63) is 50.4 Å². The first-order valence-electron chi connectivity index (χ1n) is 11.2. The molecule has 9 nitrogen and oxygen atoms in total. The van der Waals surface area contributed by atoms with Crippen molar-refractivity contribution in [3.8, 4) is 11.5 Å². The summed E-state index contributed by atoms with van der Waals surface area (Å²) in [6, 6.07) is 4.81. The minimum absolute atomic E-state index is 0.0704. The monoisotopic (exact) mass is 476 g/mol. The number of nitrogens with one attached hydrogen (secondary N) is 1. The molecule has 2 aromatic rings. The van der Waals surface area contributed by atoms with Gasteiger partial charge in [0.2, 0.25) is 0 Å². The van der Waals surface area contributed by atoms with Gasteiger partial charge in [0.05, 0.1) is 23.9 Å². The molecule has 1 aromatic carbocycles. The third-order valence-electron chi connectivity index (χ3n) is 6.20. The number of carbonyl (C=O) groups is 1. The second kappa shape index (κ2) is 10.1. The van der Waals surface area contributed by atoms with Gasteiger partial charge in [0.25, 0.3) is 11.5 Å². The summed E-state index contributed by atoms with van der Waals surface area (Å²) in [7, 11) is 0. The van der Waals surface area contributed by atoms with Crippen LogP contribution in [0.1, 0.15) is 28.0 Å². The van der Waals surface area contributed by atoms with Crippen molar-refractivity contribution >= 4 is 17.5 Å². The Labute approximate surface area is 197 Å². The predicted octanol–water partition coefficient (Wildman–Crippen LogP) is 1.40. The molecule has 0 bridgehead atoms. The number of hydrogen-bond donors (Lipinski definition) is 2. The molecule has 2 aliphatic rings. The third-order valence-corrected chi connectivity index (χ3v) is 6.59. The van der Waals surface area contributed by atoms with Crippen LogP contribution in [0, 0.1) is 19.8 Å². The fourth-order valence-electron chi connectivity index (χ4n) is 4.23. The van der Waals surface area contributed by atoms with Crippen molar-refractivity contribution in [1.82, 2.24) is 20.0 Å². The number of aliphatic hydroxyl groups excluding tert-OH is 1. The molecule has 2 unspecified atom stereocenters. The van der Waals surface area contributed by atoms with Gasteiger partial charge in [-0.1, -0.05) is 11.6 Å². The quantitative estimate of drug-likeness (QED) is 0.649. The van der Waals surface area contributed by atoms with E-state index in [1.807, 2.05) is 13.8 Å². The molecule has 1 saturated heterocycles. The van der Waals surface area contributed by atoms with Gasteiger partial charge in [-0.25, -0.2) is 4.68 Å². The number of rotatable bonds is 6. The lowest BCUT2D eigenvalue weighted by Gasteiger charge is -2.36. The van der Waals surface area contributed by atoms with Crippen LogP contribution in [-0.2, 0) is 6.54 Å². The van der Waals surface area contributed by atoms with Crippen molar-refractivity contribution < 1.29 is 19.4 Å². The zero-order valence-electron chi connectivity index (χ0n) is 18.8. The lowest BCUT2D eigenvalue weighted by Crippen LogP contribution is -2.48. The van der Waals surface area contributed by atoms with Gasteiger partial charge in [-0.3, -0.25) is 14.5 Å². The van der Waals surface area contributed by atoms with Gasteiger partial charge in [0.15, 0.2) is 11.5 Å². The lowest BCUT2D eigenvalue weighted by atomic mass is 9.93. The number of aliphatic hydroxyl groups is 1. The number of fused-ring (bicyclic) bond motifs is 1. The Balaban J connectivity index is 1.31. The molecule has 0 radical (unpaired) electrons. The molecule has 2 atom stereocenters. The number of ether oxygens (including phenoxy) is 2. The maximum Gasteiger partial charge on any atom is 0.266 e. The van der Waals surface area contributed by atoms with Crippen molar-refractivity contribution in [2.45, 2.75) is 32.9 Å². The summed E-state index contributed by atoms with van der Waals surface area (Å²) >= 11 is 6.29. The van der Waals surface area contributed by atoms with Crippen LogP contribution >= 0.6 is 11.6 Å². The van der Waals surface area contributed by atoms with E-state index in [4.69, 9.17) is 21.1 Å². The summed E-state index contributed by atoms with van der Waals surface area (Å²) in [4.78, 5) is 26.9. The summed E-state index contributed by atoms with van der Waals surface area (Å²) < 4.78 is 12.8. The molecule has 3 heterocycles. The Morgan fingerprint density at radius 2 is 2.00 bits per heavy atom. The molecule has 33 heavy (non-hydrogen) atoms. The summed E-state index contributed by atoms with van der Waals surface area (Å²) in [5, 5.41) is 18.3. The maximum absolute atomic E-state index is 12.9. The molecular weight excluding hydrogens is 448 g/mol. The van der Waals surface area contributed by atoms with Crippen molar-refractivity contribution in [2.75, 3.05) is 39.4 Å². The molecule has 0 spiro atoms. The molecule has 4 rings (SSSR count). The van der Waals surface area contributed by atoms with E-state index >= 15 is 0 Å². The normalized spacial score (nSPS) is 20.5. The fourth-order valence-corrected chi connectivity index (χ4v) is 4.42. The SMILES string of the molecule is Cc1ccc(=O)n(CCN2CCC(CNC(=O)c3cc(Cl)c(C)c4c3OCCO4)C(O)C2)n1. The van der Waals surface area contributed by atoms with Crippen LogP contribution in [0.5, 0.6) is 11.5 Å². The van der Waals surface area contributed by atoms with Crippen LogP contribution < -0.4 is 20.3 Å². The molecule has 1 aromatic heterocycles. The Morgan fingerprint density at radius 1 is 1.24 bits per heavy atom. The van der Waals surface area contributed by atoms with Crippen molar-refractivity contribution in [3.63, 3.8) is 0 Å². The highest BCUT2D eigenvalue weighted by atomic mass is 35.5. The number of halogens is 1. The Bertz CT molecular complexity index is 1090. The Kier molecular flexibility index (Phi) is 7.21. The number of benzene rings is 1. The first-order valence-corrected chi connectivity index (χ1v) is 11.5. The minimum Gasteiger partial charge on any atom is -0.486 e. The first-order chi connectivity index (χ1) is 15.8. The van der Waals surface area contributed by atoms with E-state index in [0.29, 0.717) is 61.5 Å². The van der Waals surface area contributed by atoms with E-state index in [1.54, 1.807) is 12.1 Å². The highest BCUT2D eigenvalue weighted by Gasteiger charge is 2.29. The van der Waals surface area contributed by atoms with E-state index in [-0.39, 0.29) is 17.4 Å². The number of piperidine rings is 1.